The van der Waals surface area contributed by atoms with Crippen LogP contribution < -0.4 is 5.73 Å². The summed E-state index contributed by atoms with van der Waals surface area (Å²) in [6.45, 7) is 1.88. The average molecular weight is 296 g/mol. The topological polar surface area (TPSA) is 26.0 Å². The molecule has 1 aromatic carbocycles. The van der Waals surface area contributed by atoms with Gasteiger partial charge in [0.25, 0.3) is 0 Å². The van der Waals surface area contributed by atoms with Crippen LogP contribution in [0.25, 0.3) is 0 Å². The van der Waals surface area contributed by atoms with Gasteiger partial charge in [0.2, 0.25) is 0 Å². The van der Waals surface area contributed by atoms with Gasteiger partial charge in [0.05, 0.1) is 0 Å². The number of aryl methyl sites for hydroxylation is 1. The minimum absolute atomic E-state index is 0.0839. The predicted molar refractivity (Wildman–Crippen MR) is 61.1 cm³/mol. The second-order valence-electron chi connectivity index (χ2n) is 3.82. The Bertz CT molecular complexity index is 342. The zero-order chi connectivity index (χ0) is 12.3. The first-order valence-electron chi connectivity index (χ1n) is 4.87. The highest BCUT2D eigenvalue weighted by Gasteiger charge is 2.27. The van der Waals surface area contributed by atoms with Gasteiger partial charge in [-0.1, -0.05) is 22.0 Å². The molecule has 2 N–H and O–H groups in total. The summed E-state index contributed by atoms with van der Waals surface area (Å²) >= 11 is 3.29. The molecule has 1 aromatic rings. The number of hydrogen-bond acceptors (Lipinski definition) is 1. The number of nitrogens with two attached hydrogens (primary N) is 1. The van der Waals surface area contributed by atoms with Crippen LogP contribution in [0.5, 0.6) is 0 Å². The number of rotatable bonds is 3. The minimum atomic E-state index is -4.14. The summed E-state index contributed by atoms with van der Waals surface area (Å²) in [5.74, 6) is 0. The third kappa shape index (κ3) is 4.53. The molecule has 16 heavy (non-hydrogen) atoms. The van der Waals surface area contributed by atoms with Crippen molar-refractivity contribution >= 4 is 15.9 Å². The fourth-order valence-corrected chi connectivity index (χ4v) is 2.09. The molecule has 1 atom stereocenters. The molecule has 0 saturated carbocycles. The molecule has 0 heterocycles. The molecule has 0 aliphatic rings. The van der Waals surface area contributed by atoms with Crippen molar-refractivity contribution in [1.29, 1.82) is 0 Å². The highest BCUT2D eigenvalue weighted by molar-refractivity contribution is 9.10. The second kappa shape index (κ2) is 5.19. The van der Waals surface area contributed by atoms with Crippen molar-refractivity contribution in [2.24, 2.45) is 5.73 Å². The van der Waals surface area contributed by atoms with Gasteiger partial charge in [-0.15, -0.1) is 0 Å². The Morgan fingerprint density at radius 3 is 2.44 bits per heavy atom. The summed E-state index contributed by atoms with van der Waals surface area (Å²) in [4.78, 5) is 0. The molecule has 0 saturated heterocycles. The molecular weight excluding hydrogens is 283 g/mol. The van der Waals surface area contributed by atoms with Crippen molar-refractivity contribution in [3.05, 3.63) is 33.8 Å². The Labute approximate surface area is 101 Å². The summed E-state index contributed by atoms with van der Waals surface area (Å²) in [7, 11) is 0. The Morgan fingerprint density at radius 2 is 1.94 bits per heavy atom. The van der Waals surface area contributed by atoms with E-state index in [1.165, 1.54) is 0 Å². The Balaban J connectivity index is 2.69. The summed E-state index contributed by atoms with van der Waals surface area (Å²) in [5.41, 5.74) is 7.43. The number of alkyl halides is 3. The first-order valence-corrected chi connectivity index (χ1v) is 5.66. The standard InChI is InChI=1S/C11H13BrF3N/c1-7-4-8(6-9(12)5-7)10(16)2-3-11(13,14)15/h4-6,10H,2-3,16H2,1H3. The van der Waals surface area contributed by atoms with Crippen LogP contribution in [0, 0.1) is 6.92 Å². The van der Waals surface area contributed by atoms with Crippen LogP contribution >= 0.6 is 15.9 Å². The summed E-state index contributed by atoms with van der Waals surface area (Å²) < 4.78 is 36.9. The van der Waals surface area contributed by atoms with E-state index in [1.54, 1.807) is 6.07 Å². The molecule has 0 fully saturated rings. The highest BCUT2D eigenvalue weighted by Crippen LogP contribution is 2.27. The van der Waals surface area contributed by atoms with Gasteiger partial charge in [0, 0.05) is 16.9 Å². The zero-order valence-corrected chi connectivity index (χ0v) is 10.4. The van der Waals surface area contributed by atoms with Crippen molar-refractivity contribution < 1.29 is 13.2 Å². The van der Waals surface area contributed by atoms with Crippen LogP contribution in [-0.4, -0.2) is 6.18 Å². The fourth-order valence-electron chi connectivity index (χ4n) is 1.46. The summed E-state index contributed by atoms with van der Waals surface area (Å²) in [6.07, 6.45) is -5.07. The quantitative estimate of drug-likeness (QED) is 0.893. The van der Waals surface area contributed by atoms with Gasteiger partial charge in [0.1, 0.15) is 0 Å². The molecule has 0 radical (unpaired) electrons. The van der Waals surface area contributed by atoms with Crippen molar-refractivity contribution in [2.45, 2.75) is 32.0 Å². The maximum absolute atomic E-state index is 12.0. The van der Waals surface area contributed by atoms with E-state index >= 15 is 0 Å². The first-order chi connectivity index (χ1) is 7.28. The molecule has 0 bridgehead atoms. The van der Waals surface area contributed by atoms with Gasteiger partial charge in [-0.05, 0) is 36.6 Å². The van der Waals surface area contributed by atoms with Crippen LogP contribution in [0.4, 0.5) is 13.2 Å². The maximum Gasteiger partial charge on any atom is 0.389 e. The molecule has 0 aliphatic carbocycles. The Morgan fingerprint density at radius 1 is 1.31 bits per heavy atom. The largest absolute Gasteiger partial charge is 0.389 e. The average Bonchev–Trinajstić information content (AvgIpc) is 2.11. The molecule has 0 amide bonds. The normalized spacial score (nSPS) is 13.9. The monoisotopic (exact) mass is 295 g/mol. The molecule has 5 heteroatoms. The van der Waals surface area contributed by atoms with E-state index in [0.717, 1.165) is 15.6 Å². The molecule has 90 valence electrons. The van der Waals surface area contributed by atoms with Crippen molar-refractivity contribution in [3.63, 3.8) is 0 Å². The van der Waals surface area contributed by atoms with Crippen LogP contribution in [0.15, 0.2) is 22.7 Å². The molecule has 0 aliphatic heterocycles. The van der Waals surface area contributed by atoms with E-state index in [-0.39, 0.29) is 6.42 Å². The van der Waals surface area contributed by atoms with Crippen LogP contribution in [0.3, 0.4) is 0 Å². The lowest BCUT2D eigenvalue weighted by atomic mass is 10.0. The third-order valence-corrected chi connectivity index (χ3v) is 2.69. The molecule has 1 nitrogen and oxygen atoms in total. The van der Waals surface area contributed by atoms with E-state index < -0.39 is 18.6 Å². The second-order valence-corrected chi connectivity index (χ2v) is 4.74. The highest BCUT2D eigenvalue weighted by atomic mass is 79.9. The maximum atomic E-state index is 12.0. The van der Waals surface area contributed by atoms with E-state index in [2.05, 4.69) is 15.9 Å². The number of benzene rings is 1. The van der Waals surface area contributed by atoms with Gasteiger partial charge in [-0.3, -0.25) is 0 Å². The predicted octanol–water partition coefficient (Wildman–Crippen LogP) is 4.10. The molecule has 1 unspecified atom stereocenters. The van der Waals surface area contributed by atoms with E-state index in [0.29, 0.717) is 0 Å². The molecule has 1 rings (SSSR count). The van der Waals surface area contributed by atoms with E-state index in [1.807, 2.05) is 19.1 Å². The third-order valence-electron chi connectivity index (χ3n) is 2.23. The smallest absolute Gasteiger partial charge is 0.324 e. The SMILES string of the molecule is Cc1cc(Br)cc(C(N)CCC(F)(F)F)c1. The number of halogens is 4. The van der Waals surface area contributed by atoms with Crippen LogP contribution in [0.2, 0.25) is 0 Å². The molecule has 0 spiro atoms. The van der Waals surface area contributed by atoms with Crippen LogP contribution in [-0.2, 0) is 0 Å². The van der Waals surface area contributed by atoms with Gasteiger partial charge < -0.3 is 5.73 Å². The first kappa shape index (κ1) is 13.5. The lowest BCUT2D eigenvalue weighted by molar-refractivity contribution is -0.136. The van der Waals surface area contributed by atoms with Gasteiger partial charge in [-0.25, -0.2) is 0 Å². The number of hydrogen-bond donors (Lipinski definition) is 1. The minimum Gasteiger partial charge on any atom is -0.324 e. The molecular formula is C11H13BrF3N. The Kier molecular flexibility index (Phi) is 4.38. The summed E-state index contributed by atoms with van der Waals surface area (Å²) in [5, 5.41) is 0. The van der Waals surface area contributed by atoms with Crippen molar-refractivity contribution in [2.75, 3.05) is 0 Å². The summed E-state index contributed by atoms with van der Waals surface area (Å²) in [6, 6.07) is 4.89. The van der Waals surface area contributed by atoms with Crippen molar-refractivity contribution in [1.82, 2.24) is 0 Å². The van der Waals surface area contributed by atoms with Crippen molar-refractivity contribution in [3.8, 4) is 0 Å². The van der Waals surface area contributed by atoms with Gasteiger partial charge >= 0.3 is 6.18 Å². The van der Waals surface area contributed by atoms with Crippen LogP contribution in [0.1, 0.15) is 30.0 Å². The van der Waals surface area contributed by atoms with Gasteiger partial charge in [-0.2, -0.15) is 13.2 Å². The lowest BCUT2D eigenvalue weighted by Gasteiger charge is -2.14. The van der Waals surface area contributed by atoms with E-state index in [4.69, 9.17) is 5.73 Å². The fraction of sp³-hybridized carbons (Fsp3) is 0.455. The zero-order valence-electron chi connectivity index (χ0n) is 8.81. The van der Waals surface area contributed by atoms with Gasteiger partial charge in [0.15, 0.2) is 0 Å². The van der Waals surface area contributed by atoms with E-state index in [9.17, 15) is 13.2 Å². The molecule has 0 aromatic heterocycles. The Hall–Kier alpha value is -0.550. The lowest BCUT2D eigenvalue weighted by Crippen LogP contribution is -2.15.